The number of carbonyl (C=O) groups excluding carboxylic acids is 1. The second-order valence-electron chi connectivity index (χ2n) is 9.64. The number of aliphatic hydroxyl groups excluding tert-OH is 1. The van der Waals surface area contributed by atoms with Crippen molar-refractivity contribution >= 4 is 23.3 Å². The number of aromatic nitrogens is 2. The highest BCUT2D eigenvalue weighted by molar-refractivity contribution is 6.31. The van der Waals surface area contributed by atoms with E-state index in [1.54, 1.807) is 6.20 Å². The van der Waals surface area contributed by atoms with Crippen LogP contribution in [0.4, 0.5) is 5.82 Å². The quantitative estimate of drug-likeness (QED) is 0.500. The van der Waals surface area contributed by atoms with Gasteiger partial charge in [0.15, 0.2) is 0 Å². The maximum Gasteiger partial charge on any atom is 0.271 e. The van der Waals surface area contributed by atoms with Crippen LogP contribution in [0.25, 0.3) is 0 Å². The topological polar surface area (TPSA) is 82.4 Å². The average Bonchev–Trinajstić information content (AvgIpc) is 3.22. The molecule has 8 heteroatoms. The molecular weight excluding hydrogens is 450 g/mol. The van der Waals surface area contributed by atoms with E-state index in [0.29, 0.717) is 23.8 Å². The lowest BCUT2D eigenvalue weighted by Gasteiger charge is -2.51. The highest BCUT2D eigenvalue weighted by Gasteiger charge is 2.52. The van der Waals surface area contributed by atoms with Crippen LogP contribution in [0.1, 0.15) is 47.1 Å². The Morgan fingerprint density at radius 3 is 2.68 bits per heavy atom. The number of amides is 1. The van der Waals surface area contributed by atoms with Crippen molar-refractivity contribution in [2.45, 2.75) is 45.6 Å². The summed E-state index contributed by atoms with van der Waals surface area (Å²) in [5.74, 6) is 0.696. The number of hydrogen-bond donors (Lipinski definition) is 3. The third-order valence-corrected chi connectivity index (χ3v) is 7.20. The van der Waals surface area contributed by atoms with E-state index in [-0.39, 0.29) is 30.0 Å². The highest BCUT2D eigenvalue weighted by atomic mass is 35.5. The number of pyridine rings is 1. The van der Waals surface area contributed by atoms with E-state index in [0.717, 1.165) is 35.6 Å². The molecule has 1 saturated heterocycles. The van der Waals surface area contributed by atoms with Crippen molar-refractivity contribution in [2.24, 2.45) is 5.41 Å². The van der Waals surface area contributed by atoms with Crippen LogP contribution in [0.2, 0.25) is 5.02 Å². The summed E-state index contributed by atoms with van der Waals surface area (Å²) >= 11 is 6.79. The maximum atomic E-state index is 14.0. The molecule has 3 N–H and O–H groups in total. The lowest BCUT2D eigenvalue weighted by Crippen LogP contribution is -2.61. The summed E-state index contributed by atoms with van der Waals surface area (Å²) in [5.41, 5.74) is 3.07. The second-order valence-corrected chi connectivity index (χ2v) is 10.0. The van der Waals surface area contributed by atoms with Gasteiger partial charge in [0, 0.05) is 50.0 Å². The molecule has 0 saturated carbocycles. The molecule has 2 aliphatic rings. The van der Waals surface area contributed by atoms with Crippen LogP contribution >= 0.6 is 11.6 Å². The molecule has 0 radical (unpaired) electrons. The number of anilines is 1. The minimum atomic E-state index is -0.267. The van der Waals surface area contributed by atoms with Gasteiger partial charge in [0.05, 0.1) is 17.7 Å². The van der Waals surface area contributed by atoms with E-state index in [1.165, 1.54) is 0 Å². The van der Waals surface area contributed by atoms with E-state index in [2.05, 4.69) is 34.0 Å². The standard InChI is InChI=1S/C26H30ClN5O2/c1-17(2)30-23-10-20(21(27)11-29-23)24-26(14-28-15-26)16-31-9-5-8-22(31)25(34)32(24)12-18-6-3-4-7-19(18)13-33/h3-11,17,24,28,33H,12-16H2,1-2H3,(H,29,30). The summed E-state index contributed by atoms with van der Waals surface area (Å²) in [5, 5.41) is 17.3. The van der Waals surface area contributed by atoms with Crippen LogP contribution in [0.15, 0.2) is 54.9 Å². The number of fused-ring (bicyclic) bond motifs is 1. The molecule has 1 spiro atoms. The number of nitrogens with one attached hydrogen (secondary N) is 2. The summed E-state index contributed by atoms with van der Waals surface area (Å²) in [4.78, 5) is 20.4. The summed E-state index contributed by atoms with van der Waals surface area (Å²) in [6.07, 6.45) is 3.66. The molecule has 4 heterocycles. The van der Waals surface area contributed by atoms with Crippen molar-refractivity contribution < 1.29 is 9.90 Å². The molecule has 1 aromatic carbocycles. The zero-order valence-corrected chi connectivity index (χ0v) is 20.2. The molecule has 34 heavy (non-hydrogen) atoms. The lowest BCUT2D eigenvalue weighted by molar-refractivity contribution is 0.0106. The van der Waals surface area contributed by atoms with Gasteiger partial charge in [-0.1, -0.05) is 35.9 Å². The summed E-state index contributed by atoms with van der Waals surface area (Å²) in [7, 11) is 0. The predicted molar refractivity (Wildman–Crippen MR) is 133 cm³/mol. The highest BCUT2D eigenvalue weighted by Crippen LogP contribution is 2.48. The van der Waals surface area contributed by atoms with Gasteiger partial charge in [-0.2, -0.15) is 0 Å². The van der Waals surface area contributed by atoms with Crippen molar-refractivity contribution in [2.75, 3.05) is 18.4 Å². The van der Waals surface area contributed by atoms with Crippen molar-refractivity contribution in [3.05, 3.63) is 82.3 Å². The first-order chi connectivity index (χ1) is 16.4. The summed E-state index contributed by atoms with van der Waals surface area (Å²) < 4.78 is 2.07. The van der Waals surface area contributed by atoms with E-state index >= 15 is 0 Å². The van der Waals surface area contributed by atoms with E-state index in [4.69, 9.17) is 11.6 Å². The Morgan fingerprint density at radius 1 is 1.24 bits per heavy atom. The van der Waals surface area contributed by atoms with Gasteiger partial charge >= 0.3 is 0 Å². The van der Waals surface area contributed by atoms with Crippen molar-refractivity contribution in [3.63, 3.8) is 0 Å². The van der Waals surface area contributed by atoms with E-state index < -0.39 is 0 Å². The molecule has 1 fully saturated rings. The Morgan fingerprint density at radius 2 is 2.00 bits per heavy atom. The second kappa shape index (κ2) is 9.06. The van der Waals surface area contributed by atoms with Gasteiger partial charge in [0.2, 0.25) is 0 Å². The minimum Gasteiger partial charge on any atom is -0.392 e. The predicted octanol–water partition coefficient (Wildman–Crippen LogP) is 3.84. The number of halogens is 1. The molecule has 3 aromatic rings. The Kier molecular flexibility index (Phi) is 6.10. The van der Waals surface area contributed by atoms with Crippen LogP contribution in [-0.4, -0.2) is 44.6 Å². The van der Waals surface area contributed by atoms with Crippen molar-refractivity contribution in [3.8, 4) is 0 Å². The lowest BCUT2D eigenvalue weighted by atomic mass is 9.71. The van der Waals surface area contributed by atoms with Crippen LogP contribution in [0.3, 0.4) is 0 Å². The van der Waals surface area contributed by atoms with Crippen LogP contribution < -0.4 is 10.6 Å². The van der Waals surface area contributed by atoms with Gasteiger partial charge in [0.25, 0.3) is 5.91 Å². The van der Waals surface area contributed by atoms with Gasteiger partial charge in [0.1, 0.15) is 11.5 Å². The molecule has 1 atom stereocenters. The van der Waals surface area contributed by atoms with Crippen molar-refractivity contribution in [1.29, 1.82) is 0 Å². The first kappa shape index (κ1) is 22.9. The summed E-state index contributed by atoms with van der Waals surface area (Å²) in [6, 6.07) is 13.5. The number of carbonyl (C=O) groups is 1. The molecule has 5 rings (SSSR count). The third kappa shape index (κ3) is 3.98. The number of hydrogen-bond acceptors (Lipinski definition) is 5. The molecule has 1 unspecified atom stereocenters. The monoisotopic (exact) mass is 479 g/mol. The van der Waals surface area contributed by atoms with Crippen LogP contribution in [0.5, 0.6) is 0 Å². The number of benzene rings is 1. The fraction of sp³-hybridized carbons (Fsp3) is 0.385. The molecule has 178 valence electrons. The number of rotatable bonds is 6. The Labute approximate surface area is 204 Å². The van der Waals surface area contributed by atoms with E-state index in [9.17, 15) is 9.90 Å². The zero-order valence-electron chi connectivity index (χ0n) is 19.5. The first-order valence-electron chi connectivity index (χ1n) is 11.7. The molecule has 1 amide bonds. The van der Waals surface area contributed by atoms with Gasteiger partial charge in [-0.25, -0.2) is 4.98 Å². The number of nitrogens with zero attached hydrogens (tertiary/aromatic N) is 3. The van der Waals surface area contributed by atoms with Gasteiger partial charge < -0.3 is 25.2 Å². The summed E-state index contributed by atoms with van der Waals surface area (Å²) in [6.45, 7) is 6.67. The van der Waals surface area contributed by atoms with E-state index in [1.807, 2.05) is 53.6 Å². The van der Waals surface area contributed by atoms with Crippen LogP contribution in [-0.2, 0) is 19.7 Å². The molecule has 0 aliphatic carbocycles. The fourth-order valence-corrected chi connectivity index (χ4v) is 5.47. The maximum absolute atomic E-state index is 14.0. The Hall–Kier alpha value is -2.87. The Bertz CT molecular complexity index is 1200. The molecule has 2 aromatic heterocycles. The largest absolute Gasteiger partial charge is 0.392 e. The first-order valence-corrected chi connectivity index (χ1v) is 12.1. The minimum absolute atomic E-state index is 0.0437. The van der Waals surface area contributed by atoms with Gasteiger partial charge in [-0.15, -0.1) is 0 Å². The smallest absolute Gasteiger partial charge is 0.271 e. The number of aliphatic hydroxyl groups is 1. The molecular formula is C26H30ClN5O2. The van der Waals surface area contributed by atoms with Gasteiger partial charge in [-0.3, -0.25) is 4.79 Å². The van der Waals surface area contributed by atoms with Gasteiger partial charge in [-0.05, 0) is 48.7 Å². The fourth-order valence-electron chi connectivity index (χ4n) is 5.27. The Balaban J connectivity index is 1.67. The third-order valence-electron chi connectivity index (χ3n) is 6.89. The molecule has 0 bridgehead atoms. The van der Waals surface area contributed by atoms with Crippen LogP contribution in [0, 0.1) is 5.41 Å². The van der Waals surface area contributed by atoms with Crippen molar-refractivity contribution in [1.82, 2.24) is 19.8 Å². The molecule has 2 aliphatic heterocycles. The SMILES string of the molecule is CC(C)Nc1cc(C2N(Cc3ccccc3CO)C(=O)c3cccn3CC23CNC3)c(Cl)cn1. The molecule has 7 nitrogen and oxygen atoms in total. The zero-order chi connectivity index (χ0) is 23.9. The normalized spacial score (nSPS) is 19.1. The average molecular weight is 480 g/mol.